The largest absolute Gasteiger partial charge is 0.493 e. The first-order chi connectivity index (χ1) is 10.4. The zero-order valence-electron chi connectivity index (χ0n) is 12.3. The minimum atomic E-state index is -3.20. The molecule has 0 saturated heterocycles. The van der Waals surface area contributed by atoms with E-state index in [2.05, 4.69) is 0 Å². The molecule has 0 unspecified atom stereocenters. The lowest BCUT2D eigenvalue weighted by atomic mass is 10.2. The zero-order chi connectivity index (χ0) is 16.2. The predicted molar refractivity (Wildman–Crippen MR) is 82.3 cm³/mol. The molecular formula is C16H16O5S. The maximum atomic E-state index is 11.4. The van der Waals surface area contributed by atoms with E-state index in [0.29, 0.717) is 17.1 Å². The number of carbonyl (C=O) groups is 1. The molecule has 0 saturated carbocycles. The van der Waals surface area contributed by atoms with Crippen molar-refractivity contribution in [2.24, 2.45) is 0 Å². The summed E-state index contributed by atoms with van der Waals surface area (Å²) in [5.74, 6) is 0.984. The van der Waals surface area contributed by atoms with Gasteiger partial charge in [-0.3, -0.25) is 4.79 Å². The van der Waals surface area contributed by atoms with Crippen LogP contribution in [0.4, 0.5) is 0 Å². The van der Waals surface area contributed by atoms with Gasteiger partial charge in [-0.1, -0.05) is 12.1 Å². The Morgan fingerprint density at radius 3 is 2.27 bits per heavy atom. The van der Waals surface area contributed by atoms with Gasteiger partial charge in [0.15, 0.2) is 21.3 Å². The van der Waals surface area contributed by atoms with Crippen LogP contribution >= 0.6 is 0 Å². The number of ether oxygens (including phenoxy) is 2. The smallest absolute Gasteiger partial charge is 0.175 e. The average Bonchev–Trinajstić information content (AvgIpc) is 2.52. The van der Waals surface area contributed by atoms with Gasteiger partial charge in [-0.25, -0.2) is 8.42 Å². The fourth-order valence-electron chi connectivity index (χ4n) is 1.87. The van der Waals surface area contributed by atoms with Crippen LogP contribution in [0.15, 0.2) is 47.4 Å². The van der Waals surface area contributed by atoms with E-state index in [1.165, 1.54) is 7.11 Å². The predicted octanol–water partition coefficient (Wildman–Crippen LogP) is 2.49. The Kier molecular flexibility index (Phi) is 4.82. The van der Waals surface area contributed by atoms with E-state index in [9.17, 15) is 13.2 Å². The third kappa shape index (κ3) is 3.85. The summed E-state index contributed by atoms with van der Waals surface area (Å²) < 4.78 is 33.6. The zero-order valence-corrected chi connectivity index (χ0v) is 13.1. The van der Waals surface area contributed by atoms with E-state index < -0.39 is 9.84 Å². The third-order valence-electron chi connectivity index (χ3n) is 3.07. The van der Waals surface area contributed by atoms with Gasteiger partial charge in [0.1, 0.15) is 12.9 Å². The molecule has 0 spiro atoms. The Morgan fingerprint density at radius 2 is 1.73 bits per heavy atom. The van der Waals surface area contributed by atoms with Crippen LogP contribution in [-0.4, -0.2) is 28.1 Å². The van der Waals surface area contributed by atoms with Gasteiger partial charge in [-0.15, -0.1) is 0 Å². The summed E-state index contributed by atoms with van der Waals surface area (Å²) in [5, 5.41) is 0. The van der Waals surface area contributed by atoms with E-state index in [1.807, 2.05) is 0 Å². The molecule has 0 fully saturated rings. The molecule has 0 amide bonds. The maximum Gasteiger partial charge on any atom is 0.175 e. The van der Waals surface area contributed by atoms with Crippen LogP contribution in [0.3, 0.4) is 0 Å². The third-order valence-corrected chi connectivity index (χ3v) is 4.20. The number of methoxy groups -OCH3 is 1. The van der Waals surface area contributed by atoms with E-state index >= 15 is 0 Å². The highest BCUT2D eigenvalue weighted by molar-refractivity contribution is 7.90. The van der Waals surface area contributed by atoms with Crippen LogP contribution in [0.2, 0.25) is 0 Å². The summed E-state index contributed by atoms with van der Waals surface area (Å²) in [6.45, 7) is 0.265. The molecule has 0 aromatic heterocycles. The quantitative estimate of drug-likeness (QED) is 0.765. The SMILES string of the molecule is COc1cc(C=O)ccc1OCc1ccc(S(C)(=O)=O)cc1. The normalized spacial score (nSPS) is 11.0. The highest BCUT2D eigenvalue weighted by Crippen LogP contribution is 2.28. The van der Waals surface area contributed by atoms with Gasteiger partial charge in [0.25, 0.3) is 0 Å². The Hall–Kier alpha value is -2.34. The second-order valence-electron chi connectivity index (χ2n) is 4.73. The minimum Gasteiger partial charge on any atom is -0.493 e. The van der Waals surface area contributed by atoms with E-state index in [0.717, 1.165) is 18.1 Å². The van der Waals surface area contributed by atoms with Crippen molar-refractivity contribution >= 4 is 16.1 Å². The lowest BCUT2D eigenvalue weighted by molar-refractivity contribution is 0.112. The Balaban J connectivity index is 2.11. The second-order valence-corrected chi connectivity index (χ2v) is 6.75. The van der Waals surface area contributed by atoms with Gasteiger partial charge in [0.05, 0.1) is 12.0 Å². The van der Waals surface area contributed by atoms with Gasteiger partial charge < -0.3 is 9.47 Å². The lowest BCUT2D eigenvalue weighted by Crippen LogP contribution is -2.00. The van der Waals surface area contributed by atoms with Crippen LogP contribution in [0.5, 0.6) is 11.5 Å². The standard InChI is InChI=1S/C16H16O5S/c1-20-16-9-13(10-17)5-8-15(16)21-11-12-3-6-14(7-4-12)22(2,18)19/h3-10H,11H2,1-2H3. The average molecular weight is 320 g/mol. The first kappa shape index (κ1) is 16.0. The number of hydrogen-bond donors (Lipinski definition) is 0. The van der Waals surface area contributed by atoms with Gasteiger partial charge in [-0.2, -0.15) is 0 Å². The van der Waals surface area contributed by atoms with E-state index in [-0.39, 0.29) is 11.5 Å². The molecule has 2 aromatic rings. The first-order valence-electron chi connectivity index (χ1n) is 6.49. The van der Waals surface area contributed by atoms with Crippen LogP contribution in [0.1, 0.15) is 15.9 Å². The van der Waals surface area contributed by atoms with Crippen molar-refractivity contribution in [2.75, 3.05) is 13.4 Å². The molecule has 0 bridgehead atoms. The second kappa shape index (κ2) is 6.62. The molecule has 5 nitrogen and oxygen atoms in total. The molecule has 6 heteroatoms. The molecule has 0 radical (unpaired) electrons. The molecule has 0 aliphatic rings. The van der Waals surface area contributed by atoms with Gasteiger partial charge in [0.2, 0.25) is 0 Å². The Bertz CT molecular complexity index is 764. The number of hydrogen-bond acceptors (Lipinski definition) is 5. The molecule has 0 aliphatic heterocycles. The summed E-state index contributed by atoms with van der Waals surface area (Å²) >= 11 is 0. The monoisotopic (exact) mass is 320 g/mol. The van der Waals surface area contributed by atoms with Crippen molar-refractivity contribution in [2.45, 2.75) is 11.5 Å². The molecule has 0 heterocycles. The minimum absolute atomic E-state index is 0.265. The van der Waals surface area contributed by atoms with Crippen LogP contribution in [0, 0.1) is 0 Å². The number of benzene rings is 2. The highest BCUT2D eigenvalue weighted by atomic mass is 32.2. The van der Waals surface area contributed by atoms with Crippen LogP contribution < -0.4 is 9.47 Å². The number of carbonyl (C=O) groups excluding carboxylic acids is 1. The summed E-state index contributed by atoms with van der Waals surface area (Å²) in [6, 6.07) is 11.4. The van der Waals surface area contributed by atoms with Crippen molar-refractivity contribution in [3.05, 3.63) is 53.6 Å². The Morgan fingerprint density at radius 1 is 1.05 bits per heavy atom. The van der Waals surface area contributed by atoms with E-state index in [4.69, 9.17) is 9.47 Å². The van der Waals surface area contributed by atoms with Crippen molar-refractivity contribution in [3.63, 3.8) is 0 Å². The molecule has 0 N–H and O–H groups in total. The summed E-state index contributed by atoms with van der Waals surface area (Å²) in [7, 11) is -1.70. The highest BCUT2D eigenvalue weighted by Gasteiger charge is 2.08. The molecule has 116 valence electrons. The molecule has 0 atom stereocenters. The first-order valence-corrected chi connectivity index (χ1v) is 8.38. The molecule has 2 rings (SSSR count). The van der Waals surface area contributed by atoms with Gasteiger partial charge in [-0.05, 0) is 35.9 Å². The van der Waals surface area contributed by atoms with Crippen molar-refractivity contribution < 1.29 is 22.7 Å². The van der Waals surface area contributed by atoms with Gasteiger partial charge >= 0.3 is 0 Å². The topological polar surface area (TPSA) is 69.7 Å². The van der Waals surface area contributed by atoms with Crippen molar-refractivity contribution in [1.82, 2.24) is 0 Å². The molecule has 22 heavy (non-hydrogen) atoms. The van der Waals surface area contributed by atoms with Crippen LogP contribution in [0.25, 0.3) is 0 Å². The molecular weight excluding hydrogens is 304 g/mol. The number of rotatable bonds is 6. The van der Waals surface area contributed by atoms with Gasteiger partial charge in [0, 0.05) is 11.8 Å². The van der Waals surface area contributed by atoms with Crippen molar-refractivity contribution in [3.8, 4) is 11.5 Å². The fourth-order valence-corrected chi connectivity index (χ4v) is 2.50. The lowest BCUT2D eigenvalue weighted by Gasteiger charge is -2.11. The molecule has 2 aromatic carbocycles. The van der Waals surface area contributed by atoms with Crippen molar-refractivity contribution in [1.29, 1.82) is 0 Å². The number of aldehydes is 1. The van der Waals surface area contributed by atoms with Crippen LogP contribution in [-0.2, 0) is 16.4 Å². The molecule has 0 aliphatic carbocycles. The summed E-state index contributed by atoms with van der Waals surface area (Å²) in [5.41, 5.74) is 1.33. The Labute approximate surface area is 129 Å². The summed E-state index contributed by atoms with van der Waals surface area (Å²) in [4.78, 5) is 11.0. The van der Waals surface area contributed by atoms with E-state index in [1.54, 1.807) is 42.5 Å². The summed E-state index contributed by atoms with van der Waals surface area (Å²) in [6.07, 6.45) is 1.90. The fraction of sp³-hybridized carbons (Fsp3) is 0.188. The number of sulfone groups is 1. The maximum absolute atomic E-state index is 11.4.